The minimum atomic E-state index is -0.146. The van der Waals surface area contributed by atoms with Gasteiger partial charge in [0.1, 0.15) is 0 Å². The molecule has 0 saturated carbocycles. The maximum absolute atomic E-state index is 11.0. The van der Waals surface area contributed by atoms with Gasteiger partial charge in [-0.05, 0) is 0 Å². The van der Waals surface area contributed by atoms with Crippen LogP contribution in [-0.4, -0.2) is 62.1 Å². The predicted octanol–water partition coefficient (Wildman–Crippen LogP) is 0.0808. The molecule has 0 N–H and O–H groups in total. The molecule has 1 saturated heterocycles. The van der Waals surface area contributed by atoms with Crippen molar-refractivity contribution in [1.29, 1.82) is 5.26 Å². The molecule has 1 rings (SSSR count). The molecule has 90 valence electrons. The number of carbonyl (C=O) groups excluding carboxylic acids is 1. The molecular formula is C11H19N3O2. The van der Waals surface area contributed by atoms with Gasteiger partial charge in [-0.25, -0.2) is 0 Å². The number of rotatable bonds is 5. The van der Waals surface area contributed by atoms with Crippen molar-refractivity contribution in [3.63, 3.8) is 0 Å². The number of piperazine rings is 1. The van der Waals surface area contributed by atoms with Crippen LogP contribution in [0.2, 0.25) is 0 Å². The maximum atomic E-state index is 11.0. The molecule has 1 aliphatic heterocycles. The van der Waals surface area contributed by atoms with Crippen molar-refractivity contribution in [3.05, 3.63) is 0 Å². The first-order chi connectivity index (χ1) is 7.76. The molecule has 0 aliphatic carbocycles. The second-order valence-electron chi connectivity index (χ2n) is 3.92. The standard InChI is InChI=1S/C11H19N3O2/c1-16-11(15)3-6-14-9-7-13(8-10-14)5-2-4-12/h2-3,5-10H2,1H3. The molecule has 1 heterocycles. The molecule has 0 unspecified atom stereocenters. The molecule has 0 atom stereocenters. The summed E-state index contributed by atoms with van der Waals surface area (Å²) in [7, 11) is 1.42. The molecule has 16 heavy (non-hydrogen) atoms. The van der Waals surface area contributed by atoms with E-state index in [1.165, 1.54) is 7.11 Å². The molecule has 0 aromatic heterocycles. The lowest BCUT2D eigenvalue weighted by Gasteiger charge is -2.34. The quantitative estimate of drug-likeness (QED) is 0.620. The highest BCUT2D eigenvalue weighted by Gasteiger charge is 2.16. The van der Waals surface area contributed by atoms with Gasteiger partial charge in [0.2, 0.25) is 0 Å². The van der Waals surface area contributed by atoms with Crippen LogP contribution in [0.15, 0.2) is 0 Å². The first-order valence-electron chi connectivity index (χ1n) is 5.64. The third kappa shape index (κ3) is 4.60. The summed E-state index contributed by atoms with van der Waals surface area (Å²) in [5, 5.41) is 8.48. The summed E-state index contributed by atoms with van der Waals surface area (Å²) in [4.78, 5) is 15.5. The fraction of sp³-hybridized carbons (Fsp3) is 0.818. The minimum absolute atomic E-state index is 0.146. The van der Waals surface area contributed by atoms with Gasteiger partial charge in [0.15, 0.2) is 0 Å². The molecule has 1 aliphatic rings. The molecule has 0 spiro atoms. The van der Waals surface area contributed by atoms with E-state index < -0.39 is 0 Å². The van der Waals surface area contributed by atoms with E-state index in [0.717, 1.165) is 39.3 Å². The zero-order valence-electron chi connectivity index (χ0n) is 9.81. The van der Waals surface area contributed by atoms with Crippen LogP contribution in [0.25, 0.3) is 0 Å². The zero-order chi connectivity index (χ0) is 11.8. The topological polar surface area (TPSA) is 56.6 Å². The highest BCUT2D eigenvalue weighted by atomic mass is 16.5. The maximum Gasteiger partial charge on any atom is 0.306 e. The minimum Gasteiger partial charge on any atom is -0.469 e. The van der Waals surface area contributed by atoms with Crippen molar-refractivity contribution >= 4 is 5.97 Å². The van der Waals surface area contributed by atoms with Crippen LogP contribution < -0.4 is 0 Å². The number of hydrogen-bond acceptors (Lipinski definition) is 5. The molecule has 5 heteroatoms. The van der Waals surface area contributed by atoms with E-state index >= 15 is 0 Å². The summed E-state index contributed by atoms with van der Waals surface area (Å²) in [5.74, 6) is -0.146. The Morgan fingerprint density at radius 2 is 1.81 bits per heavy atom. The largest absolute Gasteiger partial charge is 0.469 e. The monoisotopic (exact) mass is 225 g/mol. The van der Waals surface area contributed by atoms with Crippen molar-refractivity contribution < 1.29 is 9.53 Å². The summed E-state index contributed by atoms with van der Waals surface area (Å²) in [6.45, 7) is 5.57. The van der Waals surface area contributed by atoms with Gasteiger partial charge < -0.3 is 9.64 Å². The van der Waals surface area contributed by atoms with Gasteiger partial charge in [-0.2, -0.15) is 5.26 Å². The van der Waals surface area contributed by atoms with Crippen LogP contribution in [0.3, 0.4) is 0 Å². The summed E-state index contributed by atoms with van der Waals surface area (Å²) < 4.78 is 4.60. The Morgan fingerprint density at radius 1 is 1.25 bits per heavy atom. The summed E-state index contributed by atoms with van der Waals surface area (Å²) in [6.07, 6.45) is 1.07. The molecule has 1 fully saturated rings. The lowest BCUT2D eigenvalue weighted by atomic mass is 10.2. The number of ether oxygens (including phenoxy) is 1. The summed E-state index contributed by atoms with van der Waals surface area (Å²) in [5.41, 5.74) is 0. The van der Waals surface area contributed by atoms with E-state index in [1.54, 1.807) is 0 Å². The van der Waals surface area contributed by atoms with Gasteiger partial charge in [0.05, 0.1) is 19.6 Å². The van der Waals surface area contributed by atoms with E-state index in [4.69, 9.17) is 5.26 Å². The van der Waals surface area contributed by atoms with Crippen molar-refractivity contribution in [2.75, 3.05) is 46.4 Å². The van der Waals surface area contributed by atoms with E-state index in [-0.39, 0.29) is 5.97 Å². The number of hydrogen-bond donors (Lipinski definition) is 0. The molecule has 0 aromatic rings. The smallest absolute Gasteiger partial charge is 0.306 e. The van der Waals surface area contributed by atoms with Crippen molar-refractivity contribution in [2.45, 2.75) is 12.8 Å². The second-order valence-corrected chi connectivity index (χ2v) is 3.92. The van der Waals surface area contributed by atoms with Crippen LogP contribution in [0.1, 0.15) is 12.8 Å². The van der Waals surface area contributed by atoms with Gasteiger partial charge in [-0.3, -0.25) is 9.69 Å². The third-order valence-electron chi connectivity index (χ3n) is 2.86. The number of carbonyl (C=O) groups is 1. The van der Waals surface area contributed by atoms with Gasteiger partial charge in [0, 0.05) is 45.7 Å². The van der Waals surface area contributed by atoms with Gasteiger partial charge in [-0.1, -0.05) is 0 Å². The molecule has 0 aromatic carbocycles. The molecule has 0 radical (unpaired) electrons. The Balaban J connectivity index is 2.12. The SMILES string of the molecule is COC(=O)CCN1CCN(CCC#N)CC1. The van der Waals surface area contributed by atoms with Crippen LogP contribution in [0.4, 0.5) is 0 Å². The Hall–Kier alpha value is -1.12. The molecule has 5 nitrogen and oxygen atoms in total. The average Bonchev–Trinajstić information content (AvgIpc) is 2.34. The Kier molecular flexibility index (Phi) is 5.83. The van der Waals surface area contributed by atoms with Gasteiger partial charge >= 0.3 is 5.97 Å². The van der Waals surface area contributed by atoms with Crippen LogP contribution in [0, 0.1) is 11.3 Å². The predicted molar refractivity (Wildman–Crippen MR) is 59.7 cm³/mol. The average molecular weight is 225 g/mol. The van der Waals surface area contributed by atoms with E-state index in [2.05, 4.69) is 20.6 Å². The number of methoxy groups -OCH3 is 1. The van der Waals surface area contributed by atoms with Crippen LogP contribution in [0.5, 0.6) is 0 Å². The summed E-state index contributed by atoms with van der Waals surface area (Å²) >= 11 is 0. The number of esters is 1. The van der Waals surface area contributed by atoms with E-state index in [1.807, 2.05) is 0 Å². The molecular weight excluding hydrogens is 206 g/mol. The van der Waals surface area contributed by atoms with Crippen molar-refractivity contribution in [2.24, 2.45) is 0 Å². The zero-order valence-corrected chi connectivity index (χ0v) is 9.81. The van der Waals surface area contributed by atoms with Crippen molar-refractivity contribution in [1.82, 2.24) is 9.80 Å². The normalized spacial score (nSPS) is 18.0. The first-order valence-corrected chi connectivity index (χ1v) is 5.64. The highest BCUT2D eigenvalue weighted by molar-refractivity contribution is 5.69. The highest BCUT2D eigenvalue weighted by Crippen LogP contribution is 2.03. The van der Waals surface area contributed by atoms with Gasteiger partial charge in [-0.15, -0.1) is 0 Å². The molecule has 0 amide bonds. The third-order valence-corrected chi connectivity index (χ3v) is 2.86. The van der Waals surface area contributed by atoms with Crippen LogP contribution >= 0.6 is 0 Å². The second kappa shape index (κ2) is 7.20. The van der Waals surface area contributed by atoms with Gasteiger partial charge in [0.25, 0.3) is 0 Å². The Bertz CT molecular complexity index is 254. The fourth-order valence-corrected chi connectivity index (χ4v) is 1.80. The summed E-state index contributed by atoms with van der Waals surface area (Å²) in [6, 6.07) is 2.16. The van der Waals surface area contributed by atoms with E-state index in [9.17, 15) is 4.79 Å². The van der Waals surface area contributed by atoms with Crippen molar-refractivity contribution in [3.8, 4) is 6.07 Å². The fourth-order valence-electron chi connectivity index (χ4n) is 1.80. The Labute approximate surface area is 96.6 Å². The molecule has 0 bridgehead atoms. The Morgan fingerprint density at radius 3 is 2.31 bits per heavy atom. The van der Waals surface area contributed by atoms with Crippen LogP contribution in [-0.2, 0) is 9.53 Å². The number of nitrogens with zero attached hydrogens (tertiary/aromatic N) is 3. The lowest BCUT2D eigenvalue weighted by Crippen LogP contribution is -2.47. The first kappa shape index (κ1) is 12.9. The lowest BCUT2D eigenvalue weighted by molar-refractivity contribution is -0.141. The number of nitriles is 1. The van der Waals surface area contributed by atoms with E-state index in [0.29, 0.717) is 12.8 Å².